The summed E-state index contributed by atoms with van der Waals surface area (Å²) in [5.74, 6) is 0.822. The number of thiazole rings is 1. The Kier molecular flexibility index (Phi) is 5.36. The van der Waals surface area contributed by atoms with Crippen LogP contribution in [-0.2, 0) is 0 Å². The minimum absolute atomic E-state index is 0.322. The van der Waals surface area contributed by atoms with Crippen molar-refractivity contribution >= 4 is 29.0 Å². The quantitative estimate of drug-likeness (QED) is 0.604. The maximum Gasteiger partial charge on any atom is 0.415 e. The zero-order valence-corrected chi connectivity index (χ0v) is 16.1. The molecule has 0 unspecified atom stereocenters. The fraction of sp³-hybridized carbons (Fsp3) is 0.250. The molecule has 1 saturated heterocycles. The number of piperidine rings is 1. The molecular formula is C20H18ClN3O2S. The Morgan fingerprint density at radius 1 is 1.19 bits per heavy atom. The number of benzene rings is 1. The van der Waals surface area contributed by atoms with Gasteiger partial charge in [-0.2, -0.15) is 0 Å². The van der Waals surface area contributed by atoms with Crippen molar-refractivity contribution in [1.29, 1.82) is 0 Å². The van der Waals surface area contributed by atoms with E-state index in [1.165, 1.54) is 6.20 Å². The molecule has 27 heavy (non-hydrogen) atoms. The van der Waals surface area contributed by atoms with E-state index in [9.17, 15) is 4.79 Å². The first-order valence-corrected chi connectivity index (χ1v) is 10.0. The lowest BCUT2D eigenvalue weighted by Crippen LogP contribution is -2.39. The van der Waals surface area contributed by atoms with Gasteiger partial charge in [-0.05, 0) is 31.0 Å². The number of likely N-dealkylation sites (tertiary alicyclic amines) is 1. The van der Waals surface area contributed by atoms with Crippen LogP contribution in [-0.4, -0.2) is 34.1 Å². The van der Waals surface area contributed by atoms with Crippen LogP contribution in [0.2, 0.25) is 5.02 Å². The highest BCUT2D eigenvalue weighted by Crippen LogP contribution is 2.35. The lowest BCUT2D eigenvalue weighted by Gasteiger charge is -2.30. The monoisotopic (exact) mass is 399 g/mol. The molecule has 0 spiro atoms. The standard InChI is InChI=1S/C20H18ClN3O2S/c21-17-6-2-1-5-16(17)18-13-27-19(23-18)14-7-10-24(11-8-14)20(25)26-15-4-3-9-22-12-15/h1-6,9,12-14H,7-8,10-11H2. The molecule has 2 aromatic heterocycles. The molecule has 1 aliphatic rings. The first-order chi connectivity index (χ1) is 13.2. The molecule has 0 aliphatic carbocycles. The van der Waals surface area contributed by atoms with E-state index in [0.29, 0.717) is 29.8 Å². The number of carbonyl (C=O) groups is 1. The van der Waals surface area contributed by atoms with Crippen molar-refractivity contribution in [3.05, 3.63) is 64.2 Å². The summed E-state index contributed by atoms with van der Waals surface area (Å²) in [4.78, 5) is 22.8. The predicted octanol–water partition coefficient (Wildman–Crippen LogP) is 5.24. The second-order valence-electron chi connectivity index (χ2n) is 6.37. The Balaban J connectivity index is 1.37. The van der Waals surface area contributed by atoms with Gasteiger partial charge in [0.2, 0.25) is 0 Å². The first-order valence-electron chi connectivity index (χ1n) is 8.78. The normalized spacial score (nSPS) is 14.9. The van der Waals surface area contributed by atoms with Gasteiger partial charge in [0.15, 0.2) is 5.75 Å². The van der Waals surface area contributed by atoms with Gasteiger partial charge in [0.25, 0.3) is 0 Å². The van der Waals surface area contributed by atoms with Crippen molar-refractivity contribution in [3.8, 4) is 17.0 Å². The number of hydrogen-bond donors (Lipinski definition) is 0. The number of aromatic nitrogens is 2. The molecule has 0 atom stereocenters. The minimum Gasteiger partial charge on any atom is -0.409 e. The number of rotatable bonds is 3. The predicted molar refractivity (Wildman–Crippen MR) is 106 cm³/mol. The summed E-state index contributed by atoms with van der Waals surface area (Å²) in [5.41, 5.74) is 1.87. The van der Waals surface area contributed by atoms with Crippen LogP contribution in [0.5, 0.6) is 5.75 Å². The number of carbonyl (C=O) groups excluding carboxylic acids is 1. The number of hydrogen-bond acceptors (Lipinski definition) is 5. The van der Waals surface area contributed by atoms with E-state index in [1.807, 2.05) is 24.3 Å². The Morgan fingerprint density at radius 2 is 2.00 bits per heavy atom. The van der Waals surface area contributed by atoms with Crippen molar-refractivity contribution < 1.29 is 9.53 Å². The molecule has 1 amide bonds. The summed E-state index contributed by atoms with van der Waals surface area (Å²) in [5, 5.41) is 3.87. The van der Waals surface area contributed by atoms with E-state index in [-0.39, 0.29) is 6.09 Å². The van der Waals surface area contributed by atoms with Gasteiger partial charge in [-0.15, -0.1) is 11.3 Å². The van der Waals surface area contributed by atoms with E-state index < -0.39 is 0 Å². The summed E-state index contributed by atoms with van der Waals surface area (Å²) < 4.78 is 5.37. The number of halogens is 1. The Hall–Kier alpha value is -2.44. The largest absolute Gasteiger partial charge is 0.415 e. The van der Waals surface area contributed by atoms with Gasteiger partial charge in [0.1, 0.15) is 0 Å². The van der Waals surface area contributed by atoms with Crippen LogP contribution in [0.25, 0.3) is 11.3 Å². The summed E-state index contributed by atoms with van der Waals surface area (Å²) in [6, 6.07) is 11.2. The fourth-order valence-electron chi connectivity index (χ4n) is 3.15. The van der Waals surface area contributed by atoms with E-state index in [2.05, 4.69) is 10.4 Å². The lowest BCUT2D eigenvalue weighted by molar-refractivity contribution is 0.138. The molecule has 0 N–H and O–H groups in total. The van der Waals surface area contributed by atoms with Crippen molar-refractivity contribution in [2.75, 3.05) is 13.1 Å². The van der Waals surface area contributed by atoms with Gasteiger partial charge in [-0.1, -0.05) is 29.8 Å². The number of amides is 1. The Bertz CT molecular complexity index is 924. The van der Waals surface area contributed by atoms with Crippen LogP contribution in [0.1, 0.15) is 23.8 Å². The van der Waals surface area contributed by atoms with Crippen LogP contribution >= 0.6 is 22.9 Å². The first kappa shape index (κ1) is 17.9. The van der Waals surface area contributed by atoms with Gasteiger partial charge >= 0.3 is 6.09 Å². The summed E-state index contributed by atoms with van der Waals surface area (Å²) in [6.45, 7) is 1.32. The molecule has 3 aromatic rings. The molecule has 1 aliphatic heterocycles. The van der Waals surface area contributed by atoms with Gasteiger partial charge < -0.3 is 9.64 Å². The summed E-state index contributed by atoms with van der Waals surface area (Å²) in [6.07, 6.45) is 4.61. The van der Waals surface area contributed by atoms with Crippen LogP contribution in [0, 0.1) is 0 Å². The third kappa shape index (κ3) is 4.12. The molecule has 7 heteroatoms. The Morgan fingerprint density at radius 3 is 2.74 bits per heavy atom. The molecule has 1 fully saturated rings. The van der Waals surface area contributed by atoms with Crippen molar-refractivity contribution in [1.82, 2.24) is 14.9 Å². The molecular weight excluding hydrogens is 382 g/mol. The van der Waals surface area contributed by atoms with E-state index in [0.717, 1.165) is 29.1 Å². The molecule has 138 valence electrons. The second kappa shape index (κ2) is 8.06. The topological polar surface area (TPSA) is 55.3 Å². The maximum atomic E-state index is 12.3. The highest BCUT2D eigenvalue weighted by Gasteiger charge is 2.27. The summed E-state index contributed by atoms with van der Waals surface area (Å²) >= 11 is 7.94. The third-order valence-electron chi connectivity index (χ3n) is 4.61. The van der Waals surface area contributed by atoms with Crippen LogP contribution in [0.15, 0.2) is 54.2 Å². The number of pyridine rings is 1. The maximum absolute atomic E-state index is 12.3. The highest BCUT2D eigenvalue weighted by molar-refractivity contribution is 7.10. The SMILES string of the molecule is O=C(Oc1cccnc1)N1CCC(c2nc(-c3ccccc3Cl)cs2)CC1. The Labute approximate surface area is 166 Å². The van der Waals surface area contributed by atoms with Crippen LogP contribution < -0.4 is 4.74 Å². The van der Waals surface area contributed by atoms with E-state index in [1.54, 1.807) is 34.6 Å². The van der Waals surface area contributed by atoms with Crippen molar-refractivity contribution in [2.24, 2.45) is 0 Å². The van der Waals surface area contributed by atoms with E-state index >= 15 is 0 Å². The number of ether oxygens (including phenoxy) is 1. The third-order valence-corrected chi connectivity index (χ3v) is 5.95. The molecule has 0 bridgehead atoms. The van der Waals surface area contributed by atoms with E-state index in [4.69, 9.17) is 21.3 Å². The summed E-state index contributed by atoms with van der Waals surface area (Å²) in [7, 11) is 0. The second-order valence-corrected chi connectivity index (χ2v) is 7.67. The average Bonchev–Trinajstić information content (AvgIpc) is 3.19. The minimum atomic E-state index is -0.322. The van der Waals surface area contributed by atoms with Crippen molar-refractivity contribution in [2.45, 2.75) is 18.8 Å². The smallest absolute Gasteiger partial charge is 0.409 e. The average molecular weight is 400 g/mol. The fourth-order valence-corrected chi connectivity index (χ4v) is 4.37. The van der Waals surface area contributed by atoms with Gasteiger partial charge in [-0.25, -0.2) is 9.78 Å². The highest BCUT2D eigenvalue weighted by atomic mass is 35.5. The van der Waals surface area contributed by atoms with Gasteiger partial charge in [-0.3, -0.25) is 4.98 Å². The molecule has 0 radical (unpaired) electrons. The molecule has 1 aromatic carbocycles. The lowest BCUT2D eigenvalue weighted by atomic mass is 9.98. The van der Waals surface area contributed by atoms with Crippen molar-refractivity contribution in [3.63, 3.8) is 0 Å². The van der Waals surface area contributed by atoms with Crippen LogP contribution in [0.4, 0.5) is 4.79 Å². The molecule has 5 nitrogen and oxygen atoms in total. The zero-order chi connectivity index (χ0) is 18.6. The zero-order valence-electron chi connectivity index (χ0n) is 14.5. The van der Waals surface area contributed by atoms with Gasteiger partial charge in [0, 0.05) is 41.2 Å². The number of nitrogens with zero attached hydrogens (tertiary/aromatic N) is 3. The molecule has 3 heterocycles. The van der Waals surface area contributed by atoms with Gasteiger partial charge in [0.05, 0.1) is 16.9 Å². The molecule has 0 saturated carbocycles. The van der Waals surface area contributed by atoms with Crippen LogP contribution in [0.3, 0.4) is 0 Å². The molecule has 4 rings (SSSR count).